The van der Waals surface area contributed by atoms with Crippen LogP contribution in [0.3, 0.4) is 0 Å². The van der Waals surface area contributed by atoms with Crippen LogP contribution in [0.4, 0.5) is 5.69 Å². The molecule has 2 heterocycles. The van der Waals surface area contributed by atoms with Crippen LogP contribution in [0, 0.1) is 0 Å². The van der Waals surface area contributed by atoms with E-state index in [-0.39, 0.29) is 12.1 Å². The van der Waals surface area contributed by atoms with Crippen LogP contribution in [0.5, 0.6) is 0 Å². The van der Waals surface area contributed by atoms with Gasteiger partial charge in [-0.25, -0.2) is 0 Å². The van der Waals surface area contributed by atoms with Crippen LogP contribution >= 0.6 is 0 Å². The molecule has 3 rings (SSSR count). The Hall–Kier alpha value is -1.10. The fraction of sp³-hybridized carbons (Fsp3) is 0.571. The summed E-state index contributed by atoms with van der Waals surface area (Å²) < 4.78 is 5.74. The van der Waals surface area contributed by atoms with Gasteiger partial charge in [0.25, 0.3) is 0 Å². The molecule has 0 radical (unpaired) electrons. The van der Waals surface area contributed by atoms with E-state index in [1.807, 2.05) is 0 Å². The molecule has 0 saturated carbocycles. The Balaban J connectivity index is 1.85. The van der Waals surface area contributed by atoms with Crippen molar-refractivity contribution in [3.63, 3.8) is 0 Å². The van der Waals surface area contributed by atoms with Crippen molar-refractivity contribution in [2.75, 3.05) is 18.5 Å². The first kappa shape index (κ1) is 12.0. The average Bonchev–Trinajstić information content (AvgIpc) is 2.41. The zero-order chi connectivity index (χ0) is 12.5. The number of ether oxygens (including phenoxy) is 1. The van der Waals surface area contributed by atoms with Gasteiger partial charge in [0.05, 0.1) is 24.9 Å². The van der Waals surface area contributed by atoms with Crippen LogP contribution in [-0.2, 0) is 11.3 Å². The van der Waals surface area contributed by atoms with Gasteiger partial charge in [-0.05, 0) is 24.2 Å². The summed E-state index contributed by atoms with van der Waals surface area (Å²) in [7, 11) is 0. The highest BCUT2D eigenvalue weighted by atomic mass is 16.5. The van der Waals surface area contributed by atoms with E-state index in [0.717, 1.165) is 25.2 Å². The Morgan fingerprint density at radius 2 is 2.39 bits per heavy atom. The number of hydrogen-bond acceptors (Lipinski definition) is 4. The smallest absolute Gasteiger partial charge is 0.0975 e. The Morgan fingerprint density at radius 1 is 1.50 bits per heavy atom. The maximum Gasteiger partial charge on any atom is 0.0975 e. The first-order valence-corrected chi connectivity index (χ1v) is 6.67. The van der Waals surface area contributed by atoms with Crippen molar-refractivity contribution in [3.8, 4) is 0 Å². The van der Waals surface area contributed by atoms with Gasteiger partial charge in [-0.3, -0.25) is 0 Å². The molecule has 1 aromatic carbocycles. The Morgan fingerprint density at radius 3 is 3.22 bits per heavy atom. The summed E-state index contributed by atoms with van der Waals surface area (Å²) in [5.41, 5.74) is 3.62. The summed E-state index contributed by atoms with van der Waals surface area (Å²) in [6.45, 7) is 4.40. The van der Waals surface area contributed by atoms with Gasteiger partial charge in [0.1, 0.15) is 0 Å². The van der Waals surface area contributed by atoms with Crippen molar-refractivity contribution >= 4 is 5.69 Å². The molecular formula is C14H20N2O2. The maximum atomic E-state index is 9.82. The van der Waals surface area contributed by atoms with E-state index in [1.54, 1.807) is 0 Å². The van der Waals surface area contributed by atoms with Crippen LogP contribution in [0.15, 0.2) is 18.2 Å². The molecule has 0 amide bonds. The molecule has 2 bridgehead atoms. The largest absolute Gasteiger partial charge is 0.389 e. The molecule has 0 unspecified atom stereocenters. The van der Waals surface area contributed by atoms with E-state index in [4.69, 9.17) is 4.74 Å². The number of benzene rings is 1. The van der Waals surface area contributed by atoms with Crippen molar-refractivity contribution in [1.82, 2.24) is 5.32 Å². The molecule has 0 aromatic heterocycles. The minimum Gasteiger partial charge on any atom is -0.389 e. The molecule has 4 nitrogen and oxygen atoms in total. The van der Waals surface area contributed by atoms with Gasteiger partial charge in [0.2, 0.25) is 0 Å². The van der Waals surface area contributed by atoms with Crippen LogP contribution in [0.1, 0.15) is 30.6 Å². The quantitative estimate of drug-likeness (QED) is 0.757. The highest BCUT2D eigenvalue weighted by Crippen LogP contribution is 2.39. The van der Waals surface area contributed by atoms with E-state index >= 15 is 0 Å². The number of nitrogens with one attached hydrogen (secondary N) is 2. The Labute approximate surface area is 107 Å². The second-order valence-electron chi connectivity index (χ2n) is 5.08. The fourth-order valence-corrected chi connectivity index (χ4v) is 2.75. The lowest BCUT2D eigenvalue weighted by Crippen LogP contribution is -2.46. The normalized spacial score (nSPS) is 29.6. The number of aliphatic hydroxyl groups excluding tert-OH is 1. The minimum atomic E-state index is -0.393. The van der Waals surface area contributed by atoms with Crippen LogP contribution in [0.25, 0.3) is 0 Å². The molecule has 1 fully saturated rings. The highest BCUT2D eigenvalue weighted by Gasteiger charge is 2.36. The Kier molecular flexibility index (Phi) is 3.24. The lowest BCUT2D eigenvalue weighted by Gasteiger charge is -2.40. The van der Waals surface area contributed by atoms with E-state index < -0.39 is 6.10 Å². The van der Waals surface area contributed by atoms with Crippen LogP contribution < -0.4 is 10.6 Å². The van der Waals surface area contributed by atoms with Gasteiger partial charge in [-0.15, -0.1) is 0 Å². The van der Waals surface area contributed by atoms with E-state index in [2.05, 4.69) is 35.8 Å². The predicted octanol–water partition coefficient (Wildman–Crippen LogP) is 1.41. The van der Waals surface area contributed by atoms with Crippen LogP contribution in [0.2, 0.25) is 0 Å². The summed E-state index contributed by atoms with van der Waals surface area (Å²) in [5.74, 6) is 0. The average molecular weight is 248 g/mol. The van der Waals surface area contributed by atoms with E-state index in [0.29, 0.717) is 6.61 Å². The number of rotatable bonds is 3. The zero-order valence-corrected chi connectivity index (χ0v) is 10.6. The number of fused-ring (bicyclic) bond motifs is 4. The van der Waals surface area contributed by atoms with Gasteiger partial charge >= 0.3 is 0 Å². The molecule has 4 heteroatoms. The molecule has 98 valence electrons. The third-order valence-electron chi connectivity index (χ3n) is 3.78. The Bertz CT molecular complexity index is 436. The molecule has 0 aliphatic carbocycles. The monoisotopic (exact) mass is 248 g/mol. The van der Waals surface area contributed by atoms with Crippen molar-refractivity contribution in [3.05, 3.63) is 29.3 Å². The SMILES string of the molecule is CCNCc1ccc2c(c1)[C@H]1C[C@H](N2)[C@H](O)CO1. The first-order chi connectivity index (χ1) is 8.78. The van der Waals surface area contributed by atoms with Gasteiger partial charge < -0.3 is 20.5 Å². The third-order valence-corrected chi connectivity index (χ3v) is 3.78. The number of hydrogen-bond donors (Lipinski definition) is 3. The van der Waals surface area contributed by atoms with Crippen molar-refractivity contribution in [2.24, 2.45) is 0 Å². The number of aliphatic hydroxyl groups is 1. The van der Waals surface area contributed by atoms with Gasteiger partial charge in [-0.2, -0.15) is 0 Å². The van der Waals surface area contributed by atoms with Gasteiger partial charge in [-0.1, -0.05) is 13.0 Å². The predicted molar refractivity (Wildman–Crippen MR) is 70.6 cm³/mol. The lowest BCUT2D eigenvalue weighted by molar-refractivity contribution is -0.0672. The summed E-state index contributed by atoms with van der Waals surface area (Å²) in [5, 5.41) is 16.6. The summed E-state index contributed by atoms with van der Waals surface area (Å²) in [6, 6.07) is 6.57. The fourth-order valence-electron chi connectivity index (χ4n) is 2.75. The summed E-state index contributed by atoms with van der Waals surface area (Å²) in [6.07, 6.45) is 0.603. The summed E-state index contributed by atoms with van der Waals surface area (Å²) in [4.78, 5) is 0. The molecule has 1 aromatic rings. The van der Waals surface area contributed by atoms with Crippen molar-refractivity contribution in [2.45, 2.75) is 38.1 Å². The highest BCUT2D eigenvalue weighted by molar-refractivity contribution is 5.57. The van der Waals surface area contributed by atoms with Crippen molar-refractivity contribution in [1.29, 1.82) is 0 Å². The molecule has 18 heavy (non-hydrogen) atoms. The molecule has 2 aliphatic rings. The molecule has 2 aliphatic heterocycles. The van der Waals surface area contributed by atoms with Crippen LogP contribution in [-0.4, -0.2) is 30.4 Å². The molecule has 3 atom stereocenters. The first-order valence-electron chi connectivity index (χ1n) is 6.67. The van der Waals surface area contributed by atoms with Gasteiger partial charge in [0, 0.05) is 24.2 Å². The third kappa shape index (κ3) is 2.11. The molecule has 3 N–H and O–H groups in total. The second-order valence-corrected chi connectivity index (χ2v) is 5.08. The molecule has 0 spiro atoms. The standard InChI is InChI=1S/C14H20N2O2/c1-2-15-7-9-3-4-11-10(5-9)14-6-12(16-11)13(17)8-18-14/h3-5,12-17H,2,6-8H2,1H3/t12-,13+,14+/m0/s1. The summed E-state index contributed by atoms with van der Waals surface area (Å²) >= 11 is 0. The maximum absolute atomic E-state index is 9.82. The van der Waals surface area contributed by atoms with Gasteiger partial charge in [0.15, 0.2) is 0 Å². The van der Waals surface area contributed by atoms with E-state index in [1.165, 1.54) is 11.1 Å². The minimum absolute atomic E-state index is 0.135. The lowest BCUT2D eigenvalue weighted by atomic mass is 9.89. The van der Waals surface area contributed by atoms with E-state index in [9.17, 15) is 5.11 Å². The topological polar surface area (TPSA) is 53.5 Å². The molecular weight excluding hydrogens is 228 g/mol. The molecule has 1 saturated heterocycles. The second kappa shape index (κ2) is 4.88. The van der Waals surface area contributed by atoms with Crippen molar-refractivity contribution < 1.29 is 9.84 Å². The number of anilines is 1. The zero-order valence-electron chi connectivity index (χ0n) is 10.6.